The average Bonchev–Trinajstić information content (AvgIpc) is 2.96. The summed E-state index contributed by atoms with van der Waals surface area (Å²) in [5.41, 5.74) is 1.41. The molecule has 1 fully saturated rings. The number of hydrogen-bond acceptors (Lipinski definition) is 4. The van der Waals surface area contributed by atoms with Gasteiger partial charge in [-0.1, -0.05) is 12.8 Å². The van der Waals surface area contributed by atoms with Crippen LogP contribution in [0.3, 0.4) is 0 Å². The minimum absolute atomic E-state index is 0.00976. The maximum absolute atomic E-state index is 12.8. The Morgan fingerprint density at radius 2 is 1.84 bits per heavy atom. The number of aromatic nitrogens is 3. The number of carbonyl (C=O) groups excluding carboxylic acids is 1. The van der Waals surface area contributed by atoms with Gasteiger partial charge in [-0.05, 0) is 38.8 Å². The lowest BCUT2D eigenvalue weighted by Gasteiger charge is -2.20. The molecular weight excluding hydrogens is 336 g/mol. The van der Waals surface area contributed by atoms with Crippen molar-refractivity contribution >= 4 is 33.0 Å². The van der Waals surface area contributed by atoms with Crippen LogP contribution in [-0.4, -0.2) is 38.1 Å². The molecular formula is C18H22N4O2S. The predicted molar refractivity (Wildman–Crippen MR) is 99.4 cm³/mol. The molecule has 1 aliphatic rings. The Balaban J connectivity index is 1.71. The van der Waals surface area contributed by atoms with Gasteiger partial charge in [0, 0.05) is 18.0 Å². The molecule has 3 aromatic rings. The monoisotopic (exact) mass is 358 g/mol. The van der Waals surface area contributed by atoms with E-state index in [1.54, 1.807) is 11.3 Å². The van der Waals surface area contributed by atoms with E-state index in [9.17, 15) is 9.59 Å². The van der Waals surface area contributed by atoms with Gasteiger partial charge in [0.2, 0.25) is 5.91 Å². The van der Waals surface area contributed by atoms with Crippen molar-refractivity contribution in [3.63, 3.8) is 0 Å². The van der Waals surface area contributed by atoms with E-state index >= 15 is 0 Å². The molecule has 0 radical (unpaired) electrons. The summed E-state index contributed by atoms with van der Waals surface area (Å²) in [5, 5.41) is 4.41. The number of likely N-dealkylation sites (tertiary alicyclic amines) is 1. The fraction of sp³-hybridized carbons (Fsp3) is 0.500. The van der Waals surface area contributed by atoms with Crippen LogP contribution in [0.5, 0.6) is 0 Å². The molecule has 0 aromatic carbocycles. The van der Waals surface area contributed by atoms with E-state index in [1.807, 2.05) is 22.3 Å². The Labute approximate surface area is 149 Å². The molecule has 0 aliphatic carbocycles. The zero-order valence-electron chi connectivity index (χ0n) is 14.6. The fourth-order valence-corrected chi connectivity index (χ4v) is 4.62. The zero-order chi connectivity index (χ0) is 17.6. The smallest absolute Gasteiger partial charge is 0.291 e. The number of thiophene rings is 1. The zero-order valence-corrected chi connectivity index (χ0v) is 15.4. The Kier molecular flexibility index (Phi) is 4.11. The van der Waals surface area contributed by atoms with Gasteiger partial charge in [0.05, 0.1) is 10.2 Å². The maximum Gasteiger partial charge on any atom is 0.291 e. The topological polar surface area (TPSA) is 59.6 Å². The highest BCUT2D eigenvalue weighted by Gasteiger charge is 2.19. The van der Waals surface area contributed by atoms with Crippen LogP contribution >= 0.6 is 11.3 Å². The molecule has 3 aromatic heterocycles. The molecule has 0 saturated carbocycles. The van der Waals surface area contributed by atoms with Gasteiger partial charge in [0.1, 0.15) is 17.9 Å². The van der Waals surface area contributed by atoms with Gasteiger partial charge in [-0.2, -0.15) is 5.10 Å². The van der Waals surface area contributed by atoms with Crippen LogP contribution in [0.1, 0.15) is 36.4 Å². The molecule has 0 spiro atoms. The second-order valence-electron chi connectivity index (χ2n) is 6.78. The first-order valence-corrected chi connectivity index (χ1v) is 9.63. The molecule has 0 unspecified atom stereocenters. The number of hydrogen-bond donors (Lipinski definition) is 0. The van der Waals surface area contributed by atoms with Gasteiger partial charge in [-0.15, -0.1) is 11.3 Å². The number of nitrogens with zero attached hydrogens (tertiary/aromatic N) is 4. The molecule has 4 rings (SSSR count). The SMILES string of the molecule is Cc1cc2c(cc3c(=O)n(CC(=O)N4CCCCCC4)nc(C)n32)s1. The van der Waals surface area contributed by atoms with E-state index in [1.165, 1.54) is 22.4 Å². The Hall–Kier alpha value is -2.15. The molecule has 1 aliphatic heterocycles. The average molecular weight is 358 g/mol. The lowest BCUT2D eigenvalue weighted by molar-refractivity contribution is -0.132. The van der Waals surface area contributed by atoms with Gasteiger partial charge >= 0.3 is 0 Å². The predicted octanol–water partition coefficient (Wildman–Crippen LogP) is 2.73. The second-order valence-corrected chi connectivity index (χ2v) is 8.06. The molecule has 1 saturated heterocycles. The highest BCUT2D eigenvalue weighted by Crippen LogP contribution is 2.27. The van der Waals surface area contributed by atoms with E-state index in [4.69, 9.17) is 0 Å². The van der Waals surface area contributed by atoms with Crippen molar-refractivity contribution < 1.29 is 4.79 Å². The Bertz CT molecular complexity index is 1010. The van der Waals surface area contributed by atoms with E-state index in [-0.39, 0.29) is 18.0 Å². The van der Waals surface area contributed by atoms with E-state index in [0.717, 1.165) is 42.0 Å². The molecule has 1 amide bonds. The van der Waals surface area contributed by atoms with Crippen molar-refractivity contribution in [1.82, 2.24) is 19.1 Å². The van der Waals surface area contributed by atoms with Crippen molar-refractivity contribution in [2.24, 2.45) is 0 Å². The van der Waals surface area contributed by atoms with Crippen LogP contribution in [-0.2, 0) is 11.3 Å². The molecule has 4 heterocycles. The molecule has 7 heteroatoms. The number of aryl methyl sites for hydroxylation is 2. The number of carbonyl (C=O) groups is 1. The summed E-state index contributed by atoms with van der Waals surface area (Å²) in [5.74, 6) is 0.718. The first-order valence-electron chi connectivity index (χ1n) is 8.82. The van der Waals surface area contributed by atoms with Crippen LogP contribution in [0.4, 0.5) is 0 Å². The summed E-state index contributed by atoms with van der Waals surface area (Å²) in [6.45, 7) is 5.53. The number of rotatable bonds is 2. The van der Waals surface area contributed by atoms with Gasteiger partial charge in [0.25, 0.3) is 5.56 Å². The van der Waals surface area contributed by atoms with Gasteiger partial charge < -0.3 is 4.90 Å². The maximum atomic E-state index is 12.8. The number of amides is 1. The Morgan fingerprint density at radius 1 is 1.12 bits per heavy atom. The minimum atomic E-state index is -0.199. The quantitative estimate of drug-likeness (QED) is 0.708. The van der Waals surface area contributed by atoms with Crippen LogP contribution in [0, 0.1) is 13.8 Å². The van der Waals surface area contributed by atoms with E-state index < -0.39 is 0 Å². The van der Waals surface area contributed by atoms with Gasteiger partial charge in [-0.25, -0.2) is 4.68 Å². The highest BCUT2D eigenvalue weighted by atomic mass is 32.1. The third-order valence-corrected chi connectivity index (χ3v) is 5.89. The van der Waals surface area contributed by atoms with Crippen molar-refractivity contribution in [2.45, 2.75) is 46.1 Å². The van der Waals surface area contributed by atoms with Crippen LogP contribution < -0.4 is 5.56 Å². The van der Waals surface area contributed by atoms with Gasteiger partial charge in [-0.3, -0.25) is 14.0 Å². The van der Waals surface area contributed by atoms with Gasteiger partial charge in [0.15, 0.2) is 0 Å². The van der Waals surface area contributed by atoms with Crippen molar-refractivity contribution in [1.29, 1.82) is 0 Å². The third kappa shape index (κ3) is 2.86. The summed E-state index contributed by atoms with van der Waals surface area (Å²) >= 11 is 1.67. The first-order chi connectivity index (χ1) is 12.0. The lowest BCUT2D eigenvalue weighted by Crippen LogP contribution is -2.38. The normalized spacial score (nSPS) is 15.8. The molecule has 0 atom stereocenters. The summed E-state index contributed by atoms with van der Waals surface area (Å²) < 4.78 is 4.30. The largest absolute Gasteiger partial charge is 0.341 e. The second kappa shape index (κ2) is 6.29. The minimum Gasteiger partial charge on any atom is -0.341 e. The molecule has 6 nitrogen and oxygen atoms in total. The van der Waals surface area contributed by atoms with Crippen molar-refractivity contribution in [3.8, 4) is 0 Å². The Morgan fingerprint density at radius 3 is 2.56 bits per heavy atom. The van der Waals surface area contributed by atoms with E-state index in [2.05, 4.69) is 18.1 Å². The molecule has 0 N–H and O–H groups in total. The molecule has 132 valence electrons. The molecule has 25 heavy (non-hydrogen) atoms. The summed E-state index contributed by atoms with van der Waals surface area (Å²) in [7, 11) is 0. The van der Waals surface area contributed by atoms with Crippen molar-refractivity contribution in [3.05, 3.63) is 33.2 Å². The fourth-order valence-electron chi connectivity index (χ4n) is 3.67. The van der Waals surface area contributed by atoms with Crippen molar-refractivity contribution in [2.75, 3.05) is 13.1 Å². The standard InChI is InChI=1S/C18H22N4O2S/c1-12-9-14-16(25-12)10-15-18(24)21(19-13(2)22(14)15)11-17(23)20-7-5-3-4-6-8-20/h9-10H,3-8,11H2,1-2H3. The number of fused-ring (bicyclic) bond motifs is 3. The first kappa shape index (κ1) is 16.3. The third-order valence-electron chi connectivity index (χ3n) is 4.90. The summed E-state index contributed by atoms with van der Waals surface area (Å²) in [6.07, 6.45) is 4.43. The molecule has 0 bridgehead atoms. The van der Waals surface area contributed by atoms with E-state index in [0.29, 0.717) is 5.52 Å². The summed E-state index contributed by atoms with van der Waals surface area (Å²) in [6, 6.07) is 3.99. The van der Waals surface area contributed by atoms with Crippen LogP contribution in [0.2, 0.25) is 0 Å². The van der Waals surface area contributed by atoms with Crippen LogP contribution in [0.15, 0.2) is 16.9 Å². The lowest BCUT2D eigenvalue weighted by atomic mass is 10.2. The highest BCUT2D eigenvalue weighted by molar-refractivity contribution is 7.19. The summed E-state index contributed by atoms with van der Waals surface area (Å²) in [4.78, 5) is 28.5. The van der Waals surface area contributed by atoms with Crippen LogP contribution in [0.25, 0.3) is 15.7 Å².